The Labute approximate surface area is 154 Å². The number of nitrogens with two attached hydrogens (primary N) is 1. The zero-order chi connectivity index (χ0) is 17.8. The summed E-state index contributed by atoms with van der Waals surface area (Å²) >= 11 is 6.13. The van der Waals surface area contributed by atoms with Gasteiger partial charge in [0.15, 0.2) is 0 Å². The molecule has 0 spiro atoms. The van der Waals surface area contributed by atoms with Gasteiger partial charge in [0.1, 0.15) is 0 Å². The lowest BCUT2D eigenvalue weighted by molar-refractivity contribution is 0.0927. The summed E-state index contributed by atoms with van der Waals surface area (Å²) in [5.74, 6) is 0.305. The van der Waals surface area contributed by atoms with Gasteiger partial charge < -0.3 is 11.1 Å². The van der Waals surface area contributed by atoms with E-state index in [2.05, 4.69) is 41.4 Å². The number of nitrogens with zero attached hydrogens (tertiary/aromatic N) is 1. The second-order valence-electron chi connectivity index (χ2n) is 6.77. The van der Waals surface area contributed by atoms with Crippen LogP contribution in [0.15, 0.2) is 48.5 Å². The van der Waals surface area contributed by atoms with E-state index in [1.165, 1.54) is 5.56 Å². The Morgan fingerprint density at radius 2 is 2.08 bits per heavy atom. The van der Waals surface area contributed by atoms with E-state index >= 15 is 0 Å². The summed E-state index contributed by atoms with van der Waals surface area (Å²) < 4.78 is 0. The van der Waals surface area contributed by atoms with Gasteiger partial charge in [-0.25, -0.2) is 0 Å². The van der Waals surface area contributed by atoms with Crippen molar-refractivity contribution < 1.29 is 4.79 Å². The standard InChI is InChI=1S/C20H24ClN3O/c1-14(23-20(25)18-8-7-17(22)11-19(18)21)16-9-10-24(13-16)12-15-5-3-2-4-6-15/h2-8,11,14,16H,9-10,12-13,22H2,1H3,(H,23,25). The number of carbonyl (C=O) groups is 1. The molecule has 5 heteroatoms. The minimum Gasteiger partial charge on any atom is -0.399 e. The normalized spacial score (nSPS) is 18.9. The molecular weight excluding hydrogens is 334 g/mol. The molecule has 25 heavy (non-hydrogen) atoms. The van der Waals surface area contributed by atoms with Crippen molar-refractivity contribution >= 4 is 23.2 Å². The van der Waals surface area contributed by atoms with Crippen molar-refractivity contribution in [2.75, 3.05) is 18.8 Å². The summed E-state index contributed by atoms with van der Waals surface area (Å²) in [4.78, 5) is 14.9. The maximum Gasteiger partial charge on any atom is 0.253 e. The fourth-order valence-electron chi connectivity index (χ4n) is 3.37. The van der Waals surface area contributed by atoms with Crippen molar-refractivity contribution in [2.24, 2.45) is 5.92 Å². The average Bonchev–Trinajstić information content (AvgIpc) is 3.04. The molecule has 3 N–H and O–H groups in total. The maximum absolute atomic E-state index is 12.5. The van der Waals surface area contributed by atoms with E-state index in [9.17, 15) is 4.79 Å². The average molecular weight is 358 g/mol. The van der Waals surface area contributed by atoms with Gasteiger partial charge in [0, 0.05) is 24.8 Å². The first-order valence-electron chi connectivity index (χ1n) is 8.65. The fraction of sp³-hybridized carbons (Fsp3) is 0.350. The van der Waals surface area contributed by atoms with Gasteiger partial charge in [-0.1, -0.05) is 41.9 Å². The lowest BCUT2D eigenvalue weighted by atomic mass is 10.00. The first-order chi connectivity index (χ1) is 12.0. The van der Waals surface area contributed by atoms with Crippen LogP contribution in [0.2, 0.25) is 5.02 Å². The molecule has 1 amide bonds. The second-order valence-corrected chi connectivity index (χ2v) is 7.18. The molecule has 132 valence electrons. The molecule has 0 aromatic heterocycles. The molecule has 1 heterocycles. The first-order valence-corrected chi connectivity index (χ1v) is 9.03. The van der Waals surface area contributed by atoms with Gasteiger partial charge in [-0.15, -0.1) is 0 Å². The molecule has 1 fully saturated rings. The van der Waals surface area contributed by atoms with Crippen LogP contribution in [0.3, 0.4) is 0 Å². The lowest BCUT2D eigenvalue weighted by Crippen LogP contribution is -2.39. The van der Waals surface area contributed by atoms with Gasteiger partial charge in [-0.3, -0.25) is 9.69 Å². The molecule has 1 aliphatic rings. The van der Waals surface area contributed by atoms with E-state index in [0.717, 1.165) is 26.1 Å². The van der Waals surface area contributed by atoms with Crippen LogP contribution in [0.4, 0.5) is 5.69 Å². The highest BCUT2D eigenvalue weighted by Crippen LogP contribution is 2.23. The Balaban J connectivity index is 1.55. The number of benzene rings is 2. The predicted octanol–water partition coefficient (Wildman–Crippen LogP) is 3.56. The third-order valence-electron chi connectivity index (χ3n) is 4.86. The third-order valence-corrected chi connectivity index (χ3v) is 5.17. The molecule has 1 saturated heterocycles. The topological polar surface area (TPSA) is 58.4 Å². The van der Waals surface area contributed by atoms with E-state index < -0.39 is 0 Å². The summed E-state index contributed by atoms with van der Waals surface area (Å²) in [7, 11) is 0. The Kier molecular flexibility index (Phi) is 5.61. The molecule has 0 radical (unpaired) electrons. The predicted molar refractivity (Wildman–Crippen MR) is 103 cm³/mol. The molecule has 0 bridgehead atoms. The van der Waals surface area contributed by atoms with Crippen LogP contribution in [0.25, 0.3) is 0 Å². The Hall–Kier alpha value is -2.04. The van der Waals surface area contributed by atoms with Gasteiger partial charge in [0.25, 0.3) is 5.91 Å². The van der Waals surface area contributed by atoms with E-state index in [1.54, 1.807) is 18.2 Å². The van der Waals surface area contributed by atoms with E-state index in [1.807, 2.05) is 6.07 Å². The highest BCUT2D eigenvalue weighted by atomic mass is 35.5. The Morgan fingerprint density at radius 3 is 2.80 bits per heavy atom. The minimum atomic E-state index is -0.140. The van der Waals surface area contributed by atoms with Gasteiger partial charge in [-0.2, -0.15) is 0 Å². The van der Waals surface area contributed by atoms with Crippen LogP contribution in [0.1, 0.15) is 29.3 Å². The summed E-state index contributed by atoms with van der Waals surface area (Å²) in [5, 5.41) is 3.48. The summed E-state index contributed by atoms with van der Waals surface area (Å²) in [6.07, 6.45) is 1.09. The van der Waals surface area contributed by atoms with E-state index in [0.29, 0.717) is 22.2 Å². The zero-order valence-electron chi connectivity index (χ0n) is 14.4. The number of likely N-dealkylation sites (tertiary alicyclic amines) is 1. The SMILES string of the molecule is CC(NC(=O)c1ccc(N)cc1Cl)C1CCN(Cc2ccccc2)C1. The number of nitrogens with one attached hydrogen (secondary N) is 1. The van der Waals surface area contributed by atoms with E-state index in [-0.39, 0.29) is 11.9 Å². The molecule has 0 saturated carbocycles. The van der Waals surface area contributed by atoms with Gasteiger partial charge in [-0.05, 0) is 49.6 Å². The highest BCUT2D eigenvalue weighted by Gasteiger charge is 2.28. The highest BCUT2D eigenvalue weighted by molar-refractivity contribution is 6.34. The molecule has 2 unspecified atom stereocenters. The minimum absolute atomic E-state index is 0.0990. The molecule has 2 aromatic carbocycles. The lowest BCUT2D eigenvalue weighted by Gasteiger charge is -2.22. The number of amides is 1. The third kappa shape index (κ3) is 4.53. The van der Waals surface area contributed by atoms with Gasteiger partial charge in [0.05, 0.1) is 10.6 Å². The molecule has 1 aliphatic heterocycles. The smallest absolute Gasteiger partial charge is 0.253 e. The van der Waals surface area contributed by atoms with Crippen LogP contribution in [-0.4, -0.2) is 29.9 Å². The quantitative estimate of drug-likeness (QED) is 0.804. The van der Waals surface area contributed by atoms with Gasteiger partial charge in [0.2, 0.25) is 0 Å². The Bertz CT molecular complexity index is 735. The van der Waals surface area contributed by atoms with Crippen molar-refractivity contribution in [3.8, 4) is 0 Å². The molecule has 4 nitrogen and oxygen atoms in total. The van der Waals surface area contributed by atoms with E-state index in [4.69, 9.17) is 17.3 Å². The summed E-state index contributed by atoms with van der Waals surface area (Å²) in [5.41, 5.74) is 8.04. The largest absolute Gasteiger partial charge is 0.399 e. The van der Waals surface area contributed by atoms with Crippen molar-refractivity contribution in [3.63, 3.8) is 0 Å². The number of nitrogen functional groups attached to an aromatic ring is 1. The van der Waals surface area contributed by atoms with Crippen LogP contribution >= 0.6 is 11.6 Å². The molecule has 3 rings (SSSR count). The van der Waals surface area contributed by atoms with Crippen LogP contribution < -0.4 is 11.1 Å². The van der Waals surface area contributed by atoms with Crippen molar-refractivity contribution in [2.45, 2.75) is 25.9 Å². The molecular formula is C20H24ClN3O. The fourth-order valence-corrected chi connectivity index (χ4v) is 3.65. The van der Waals surface area contributed by atoms with Crippen LogP contribution in [-0.2, 0) is 6.54 Å². The number of halogens is 1. The number of anilines is 1. The maximum atomic E-state index is 12.5. The van der Waals surface area contributed by atoms with Crippen LogP contribution in [0.5, 0.6) is 0 Å². The monoisotopic (exact) mass is 357 g/mol. The summed E-state index contributed by atoms with van der Waals surface area (Å²) in [6, 6.07) is 15.6. The van der Waals surface area contributed by atoms with Crippen molar-refractivity contribution in [1.29, 1.82) is 0 Å². The molecule has 0 aliphatic carbocycles. The van der Waals surface area contributed by atoms with Gasteiger partial charge >= 0.3 is 0 Å². The zero-order valence-corrected chi connectivity index (χ0v) is 15.2. The van der Waals surface area contributed by atoms with Crippen molar-refractivity contribution in [1.82, 2.24) is 10.2 Å². The first kappa shape index (κ1) is 17.8. The second kappa shape index (κ2) is 7.89. The summed E-state index contributed by atoms with van der Waals surface area (Å²) in [6.45, 7) is 5.08. The Morgan fingerprint density at radius 1 is 1.32 bits per heavy atom. The molecule has 2 atom stereocenters. The van der Waals surface area contributed by atoms with Crippen molar-refractivity contribution in [3.05, 3.63) is 64.7 Å². The number of hydrogen-bond acceptors (Lipinski definition) is 3. The van der Waals surface area contributed by atoms with Crippen LogP contribution in [0, 0.1) is 5.92 Å². The molecule has 2 aromatic rings. The number of rotatable bonds is 5. The number of hydrogen-bond donors (Lipinski definition) is 2. The number of carbonyl (C=O) groups excluding carboxylic acids is 1.